The van der Waals surface area contributed by atoms with Crippen LogP contribution in [0.4, 0.5) is 11.4 Å². The molecule has 1 amide bonds. The summed E-state index contributed by atoms with van der Waals surface area (Å²) in [5, 5.41) is 17.4. The molecule has 0 aliphatic heterocycles. The molecule has 1 aromatic heterocycles. The Morgan fingerprint density at radius 1 is 1.00 bits per heavy atom. The largest absolute Gasteiger partial charge is 0.493 e. The van der Waals surface area contributed by atoms with E-state index in [9.17, 15) is 14.9 Å². The Morgan fingerprint density at radius 2 is 1.70 bits per heavy atom. The zero-order valence-corrected chi connectivity index (χ0v) is 20.7. The van der Waals surface area contributed by atoms with Gasteiger partial charge in [-0.1, -0.05) is 18.2 Å². The normalized spacial score (nSPS) is 10.4. The van der Waals surface area contributed by atoms with Crippen molar-refractivity contribution in [2.24, 2.45) is 0 Å². The maximum absolute atomic E-state index is 12.3. The van der Waals surface area contributed by atoms with Crippen molar-refractivity contribution in [3.05, 3.63) is 88.6 Å². The van der Waals surface area contributed by atoms with E-state index in [-0.39, 0.29) is 17.2 Å². The topological polar surface area (TPSA) is 125 Å². The van der Waals surface area contributed by atoms with Crippen molar-refractivity contribution in [1.29, 1.82) is 0 Å². The van der Waals surface area contributed by atoms with E-state index in [1.807, 2.05) is 0 Å². The van der Waals surface area contributed by atoms with Gasteiger partial charge in [0.05, 0.1) is 31.1 Å². The number of nitro benzene ring substituents is 1. The van der Waals surface area contributed by atoms with E-state index < -0.39 is 10.8 Å². The van der Waals surface area contributed by atoms with Gasteiger partial charge in [0.2, 0.25) is 5.91 Å². The van der Waals surface area contributed by atoms with Crippen molar-refractivity contribution in [2.45, 2.75) is 6.42 Å². The number of nitrogens with zero attached hydrogens (tertiary/aromatic N) is 2. The number of amides is 1. The molecule has 3 aromatic carbocycles. The highest BCUT2D eigenvalue weighted by atomic mass is 32.1. The number of thiocarbonyl (C=S) groups is 1. The fourth-order valence-electron chi connectivity index (χ4n) is 3.61. The summed E-state index contributed by atoms with van der Waals surface area (Å²) in [6.07, 6.45) is 1.47. The fraction of sp³-hybridized carbons (Fsp3) is 0.115. The lowest BCUT2D eigenvalue weighted by Crippen LogP contribution is -2.35. The van der Waals surface area contributed by atoms with Crippen LogP contribution in [0, 0.1) is 10.1 Å². The molecule has 188 valence electrons. The van der Waals surface area contributed by atoms with Crippen LogP contribution in [0.5, 0.6) is 23.0 Å². The molecule has 11 heteroatoms. The maximum Gasteiger partial charge on any atom is 0.273 e. The van der Waals surface area contributed by atoms with Crippen LogP contribution in [0.3, 0.4) is 0 Å². The maximum atomic E-state index is 12.3. The van der Waals surface area contributed by atoms with Crippen LogP contribution in [0.15, 0.2) is 72.9 Å². The number of carbonyl (C=O) groups is 1. The van der Waals surface area contributed by atoms with Gasteiger partial charge in [-0.25, -0.2) is 0 Å². The van der Waals surface area contributed by atoms with Crippen LogP contribution in [-0.2, 0) is 11.2 Å². The number of aromatic nitrogens is 1. The number of carbonyl (C=O) groups excluding carboxylic acids is 1. The van der Waals surface area contributed by atoms with E-state index in [1.54, 1.807) is 75.0 Å². The molecule has 10 nitrogen and oxygen atoms in total. The number of anilines is 1. The number of para-hydroxylation sites is 1. The van der Waals surface area contributed by atoms with Gasteiger partial charge in [0.15, 0.2) is 16.6 Å². The minimum absolute atomic E-state index is 0.0680. The van der Waals surface area contributed by atoms with E-state index in [1.165, 1.54) is 12.1 Å². The van der Waals surface area contributed by atoms with Gasteiger partial charge in [0.1, 0.15) is 11.5 Å². The van der Waals surface area contributed by atoms with Crippen molar-refractivity contribution in [3.8, 4) is 23.0 Å². The molecule has 4 rings (SSSR count). The average molecular weight is 519 g/mol. The Balaban J connectivity index is 1.40. The Labute approximate surface area is 217 Å². The first-order valence-electron chi connectivity index (χ1n) is 11.0. The molecule has 0 fully saturated rings. The van der Waals surface area contributed by atoms with Gasteiger partial charge >= 0.3 is 0 Å². The molecule has 0 spiro atoms. The SMILES string of the molecule is COc1cc2nccc(Oc3ccc(NC(=S)NC(=O)Cc4ccccc4[N+](=O)[O-])cc3)c2cc1OC. The number of ether oxygens (including phenoxy) is 3. The highest BCUT2D eigenvalue weighted by Gasteiger charge is 2.16. The Morgan fingerprint density at radius 3 is 2.41 bits per heavy atom. The molecule has 1 heterocycles. The van der Waals surface area contributed by atoms with Crippen molar-refractivity contribution >= 4 is 45.5 Å². The Bertz CT molecular complexity index is 1480. The van der Waals surface area contributed by atoms with Crippen LogP contribution < -0.4 is 24.8 Å². The van der Waals surface area contributed by atoms with Crippen molar-refractivity contribution < 1.29 is 23.9 Å². The fourth-order valence-corrected chi connectivity index (χ4v) is 3.85. The Hall–Kier alpha value is -4.77. The van der Waals surface area contributed by atoms with Gasteiger partial charge < -0.3 is 24.8 Å². The molecule has 0 saturated heterocycles. The number of hydrogen-bond acceptors (Lipinski definition) is 8. The quantitative estimate of drug-likeness (QED) is 0.188. The average Bonchev–Trinajstić information content (AvgIpc) is 2.89. The Kier molecular flexibility index (Phi) is 7.74. The van der Waals surface area contributed by atoms with Gasteiger partial charge in [0.25, 0.3) is 5.69 Å². The summed E-state index contributed by atoms with van der Waals surface area (Å²) >= 11 is 5.21. The zero-order valence-electron chi connectivity index (χ0n) is 19.9. The third kappa shape index (κ3) is 6.08. The molecular weight excluding hydrogens is 496 g/mol. The first-order valence-corrected chi connectivity index (χ1v) is 11.4. The minimum Gasteiger partial charge on any atom is -0.493 e. The highest BCUT2D eigenvalue weighted by Crippen LogP contribution is 2.37. The molecule has 2 N–H and O–H groups in total. The van der Waals surface area contributed by atoms with E-state index >= 15 is 0 Å². The van der Waals surface area contributed by atoms with Crippen LogP contribution in [0.25, 0.3) is 10.9 Å². The second kappa shape index (κ2) is 11.3. The van der Waals surface area contributed by atoms with Crippen LogP contribution in [-0.4, -0.2) is 35.1 Å². The summed E-state index contributed by atoms with van der Waals surface area (Å²) < 4.78 is 16.8. The zero-order chi connectivity index (χ0) is 26.4. The van der Waals surface area contributed by atoms with E-state index in [0.29, 0.717) is 39.8 Å². The second-order valence-electron chi connectivity index (χ2n) is 7.72. The van der Waals surface area contributed by atoms with E-state index in [2.05, 4.69) is 15.6 Å². The highest BCUT2D eigenvalue weighted by molar-refractivity contribution is 7.80. The molecule has 0 bridgehead atoms. The van der Waals surface area contributed by atoms with Crippen LogP contribution >= 0.6 is 12.2 Å². The number of hydrogen-bond donors (Lipinski definition) is 2. The lowest BCUT2D eigenvalue weighted by atomic mass is 10.1. The first kappa shape index (κ1) is 25.3. The third-order valence-corrected chi connectivity index (χ3v) is 5.54. The lowest BCUT2D eigenvalue weighted by molar-refractivity contribution is -0.385. The predicted octanol–water partition coefficient (Wildman–Crippen LogP) is 5.01. The molecule has 0 unspecified atom stereocenters. The van der Waals surface area contributed by atoms with Crippen LogP contribution in [0.1, 0.15) is 5.56 Å². The molecule has 37 heavy (non-hydrogen) atoms. The molecule has 0 atom stereocenters. The molecular formula is C26H22N4O6S. The first-order chi connectivity index (χ1) is 17.9. The standard InChI is InChI=1S/C26H22N4O6S/c1-34-23-14-19-20(15-24(23)35-2)27-12-11-22(19)36-18-9-7-17(8-10-18)28-26(37)29-25(31)13-16-5-3-4-6-21(16)30(32)33/h3-12,14-15H,13H2,1-2H3,(H2,28,29,31,37). The van der Waals surface area contributed by atoms with E-state index in [4.69, 9.17) is 26.4 Å². The molecule has 0 saturated carbocycles. The predicted molar refractivity (Wildman–Crippen MR) is 143 cm³/mol. The third-order valence-electron chi connectivity index (χ3n) is 5.34. The second-order valence-corrected chi connectivity index (χ2v) is 8.13. The summed E-state index contributed by atoms with van der Waals surface area (Å²) in [7, 11) is 3.12. The summed E-state index contributed by atoms with van der Waals surface area (Å²) in [5.41, 5.74) is 1.49. The van der Waals surface area contributed by atoms with Gasteiger partial charge in [-0.15, -0.1) is 0 Å². The summed E-state index contributed by atoms with van der Waals surface area (Å²) in [6, 6.07) is 18.4. The molecule has 0 aliphatic rings. The molecule has 4 aromatic rings. The number of fused-ring (bicyclic) bond motifs is 1. The van der Waals surface area contributed by atoms with Crippen molar-refractivity contribution in [1.82, 2.24) is 10.3 Å². The molecule has 0 aliphatic carbocycles. The van der Waals surface area contributed by atoms with Crippen molar-refractivity contribution in [3.63, 3.8) is 0 Å². The summed E-state index contributed by atoms with van der Waals surface area (Å²) in [6.45, 7) is 0. The number of nitrogens with one attached hydrogen (secondary N) is 2. The monoisotopic (exact) mass is 518 g/mol. The van der Waals surface area contributed by atoms with Gasteiger partial charge in [-0.05, 0) is 48.6 Å². The molecule has 0 radical (unpaired) electrons. The number of methoxy groups -OCH3 is 2. The number of rotatable bonds is 8. The lowest BCUT2D eigenvalue weighted by Gasteiger charge is -2.13. The number of nitro groups is 1. The van der Waals surface area contributed by atoms with Gasteiger partial charge in [0, 0.05) is 35.0 Å². The van der Waals surface area contributed by atoms with E-state index in [0.717, 1.165) is 5.39 Å². The smallest absolute Gasteiger partial charge is 0.273 e. The van der Waals surface area contributed by atoms with Crippen molar-refractivity contribution in [2.75, 3.05) is 19.5 Å². The van der Waals surface area contributed by atoms with Gasteiger partial charge in [-0.3, -0.25) is 19.9 Å². The van der Waals surface area contributed by atoms with Crippen LogP contribution in [0.2, 0.25) is 0 Å². The number of benzene rings is 3. The van der Waals surface area contributed by atoms with Gasteiger partial charge in [-0.2, -0.15) is 0 Å². The summed E-state index contributed by atoms with van der Waals surface area (Å²) in [5.74, 6) is 1.82. The minimum atomic E-state index is -0.523. The summed E-state index contributed by atoms with van der Waals surface area (Å²) in [4.78, 5) is 27.3. The number of pyridine rings is 1.